The Balaban J connectivity index is 1.16. The maximum Gasteiger partial charge on any atom is 0.248 e. The van der Waals surface area contributed by atoms with E-state index in [9.17, 15) is 0 Å². The summed E-state index contributed by atoms with van der Waals surface area (Å²) in [7, 11) is 0. The molecule has 0 N–H and O–H groups in total. The minimum atomic E-state index is 0.415. The first kappa shape index (κ1) is 23.0. The second kappa shape index (κ2) is 9.88. The zero-order valence-electron chi connectivity index (χ0n) is 20.3. The number of benzene rings is 4. The highest BCUT2D eigenvalue weighted by Crippen LogP contribution is 2.30. The van der Waals surface area contributed by atoms with Crippen LogP contribution in [0, 0.1) is 19.5 Å². The molecule has 0 aliphatic heterocycles. The van der Waals surface area contributed by atoms with Crippen LogP contribution in [0.4, 0.5) is 0 Å². The van der Waals surface area contributed by atoms with Gasteiger partial charge in [0, 0.05) is 22.3 Å². The minimum Gasteiger partial charge on any atom is -0.416 e. The van der Waals surface area contributed by atoms with E-state index in [2.05, 4.69) is 26.5 Å². The van der Waals surface area contributed by atoms with E-state index in [1.165, 1.54) is 5.56 Å². The highest BCUT2D eigenvalue weighted by Gasteiger charge is 2.13. The molecule has 2 aromatic heterocycles. The summed E-state index contributed by atoms with van der Waals surface area (Å²) in [4.78, 5) is 0. The van der Waals surface area contributed by atoms with Crippen LogP contribution in [0.15, 0.2) is 106 Å². The van der Waals surface area contributed by atoms with E-state index < -0.39 is 0 Å². The van der Waals surface area contributed by atoms with Crippen molar-refractivity contribution in [3.8, 4) is 75.2 Å². The van der Waals surface area contributed by atoms with Crippen molar-refractivity contribution in [3.05, 3.63) is 103 Å². The average molecular weight is 497 g/mol. The Morgan fingerprint density at radius 3 is 1.18 bits per heavy atom. The third-order valence-electron chi connectivity index (χ3n) is 6.02. The largest absolute Gasteiger partial charge is 0.416 e. The van der Waals surface area contributed by atoms with Crippen molar-refractivity contribution < 1.29 is 13.6 Å². The van der Waals surface area contributed by atoms with Gasteiger partial charge in [-0.15, -0.1) is 20.4 Å². The van der Waals surface area contributed by atoms with Gasteiger partial charge >= 0.3 is 0 Å². The van der Waals surface area contributed by atoms with Gasteiger partial charge in [-0.25, -0.2) is 0 Å². The number of rotatable bonds is 6. The molecule has 0 atom stereocenters. The minimum absolute atomic E-state index is 0.415. The van der Waals surface area contributed by atoms with Gasteiger partial charge < -0.3 is 13.6 Å². The van der Waals surface area contributed by atoms with Crippen molar-refractivity contribution in [2.75, 3.05) is 0 Å². The molecular formula is C31H20N4O3. The zero-order valence-corrected chi connectivity index (χ0v) is 20.3. The van der Waals surface area contributed by atoms with Crippen LogP contribution >= 0.6 is 0 Å². The number of aryl methyl sites for hydroxylation is 1. The van der Waals surface area contributed by atoms with Crippen molar-refractivity contribution in [1.29, 1.82) is 0 Å². The molecule has 0 radical (unpaired) electrons. The lowest BCUT2D eigenvalue weighted by molar-refractivity contribution is 0.520. The molecule has 182 valence electrons. The lowest BCUT2D eigenvalue weighted by Gasteiger charge is -2.04. The van der Waals surface area contributed by atoms with Crippen LogP contribution in [-0.4, -0.2) is 20.4 Å². The summed E-state index contributed by atoms with van der Waals surface area (Å²) in [5, 5.41) is 16.8. The summed E-state index contributed by atoms with van der Waals surface area (Å²) in [5.41, 5.74) is 6.63. The smallest absolute Gasteiger partial charge is 0.248 e. The first-order chi connectivity index (χ1) is 18.7. The number of ether oxygens (including phenoxy) is 1. The molecule has 0 unspecified atom stereocenters. The van der Waals surface area contributed by atoms with E-state index in [4.69, 9.17) is 20.0 Å². The Morgan fingerprint density at radius 1 is 0.500 bits per heavy atom. The second-order valence-corrected chi connectivity index (χ2v) is 8.59. The molecule has 0 fully saturated rings. The predicted octanol–water partition coefficient (Wildman–Crippen LogP) is 7.07. The molecule has 0 spiro atoms. The Bertz CT molecular complexity index is 1730. The molecular weight excluding hydrogens is 476 g/mol. The summed E-state index contributed by atoms with van der Waals surface area (Å²) in [5.74, 6) is 2.40. The van der Waals surface area contributed by atoms with Gasteiger partial charge in [-0.3, -0.25) is 0 Å². The summed E-state index contributed by atoms with van der Waals surface area (Å²) in [6.45, 7) is 2.04. The fraction of sp³-hybridized carbons (Fsp3) is 0.0323. The van der Waals surface area contributed by atoms with Gasteiger partial charge in [-0.1, -0.05) is 48.4 Å². The number of hydrogen-bond acceptors (Lipinski definition) is 7. The first-order valence-corrected chi connectivity index (χ1v) is 11.8. The van der Waals surface area contributed by atoms with Gasteiger partial charge in [-0.2, -0.15) is 0 Å². The first-order valence-electron chi connectivity index (χ1n) is 11.8. The Morgan fingerprint density at radius 2 is 0.816 bits per heavy atom. The van der Waals surface area contributed by atoms with Crippen molar-refractivity contribution in [3.63, 3.8) is 0 Å². The van der Waals surface area contributed by atoms with E-state index in [1.807, 2.05) is 91.9 Å². The van der Waals surface area contributed by atoms with Crippen molar-refractivity contribution >= 4 is 0 Å². The van der Waals surface area contributed by atoms with Crippen molar-refractivity contribution in [1.82, 2.24) is 20.4 Å². The monoisotopic (exact) mass is 496 g/mol. The molecule has 38 heavy (non-hydrogen) atoms. The van der Waals surface area contributed by atoms with E-state index in [1.54, 1.807) is 12.1 Å². The molecule has 6 rings (SSSR count). The van der Waals surface area contributed by atoms with Gasteiger partial charge in [0.1, 0.15) is 11.9 Å². The number of nitrogens with zero attached hydrogens (tertiary/aromatic N) is 4. The molecule has 7 nitrogen and oxygen atoms in total. The van der Waals surface area contributed by atoms with Gasteiger partial charge in [0.05, 0.1) is 0 Å². The van der Waals surface area contributed by atoms with E-state index in [-0.39, 0.29) is 0 Å². The van der Waals surface area contributed by atoms with Crippen LogP contribution in [0.2, 0.25) is 0 Å². The average Bonchev–Trinajstić information content (AvgIpc) is 3.66. The Kier molecular flexibility index (Phi) is 5.97. The number of terminal acetylenes is 1. The van der Waals surface area contributed by atoms with Gasteiger partial charge in [0.15, 0.2) is 0 Å². The second-order valence-electron chi connectivity index (χ2n) is 8.59. The lowest BCUT2D eigenvalue weighted by Crippen LogP contribution is -1.82. The predicted molar refractivity (Wildman–Crippen MR) is 144 cm³/mol. The fourth-order valence-corrected chi connectivity index (χ4v) is 3.95. The molecule has 6 aromatic rings. The molecule has 0 saturated heterocycles. The van der Waals surface area contributed by atoms with E-state index >= 15 is 0 Å². The summed E-state index contributed by atoms with van der Waals surface area (Å²) in [6, 6.07) is 31.1. The van der Waals surface area contributed by atoms with Gasteiger partial charge in [0.25, 0.3) is 0 Å². The zero-order chi connectivity index (χ0) is 25.9. The van der Waals surface area contributed by atoms with E-state index in [0.29, 0.717) is 29.3 Å². The molecule has 4 aromatic carbocycles. The van der Waals surface area contributed by atoms with Crippen LogP contribution < -0.4 is 4.74 Å². The molecule has 0 amide bonds. The normalized spacial score (nSPS) is 10.7. The molecule has 0 aliphatic carbocycles. The fourth-order valence-electron chi connectivity index (χ4n) is 3.95. The molecule has 0 bridgehead atoms. The molecule has 0 aliphatic rings. The van der Waals surface area contributed by atoms with E-state index in [0.717, 1.165) is 33.4 Å². The third-order valence-corrected chi connectivity index (χ3v) is 6.02. The van der Waals surface area contributed by atoms with Crippen LogP contribution in [0.5, 0.6) is 5.75 Å². The Hall–Kier alpha value is -5.48. The van der Waals surface area contributed by atoms with Crippen LogP contribution in [0.3, 0.4) is 0 Å². The number of aromatic nitrogens is 4. The Labute approximate surface area is 218 Å². The van der Waals surface area contributed by atoms with Crippen molar-refractivity contribution in [2.45, 2.75) is 6.92 Å². The standard InChI is InChI=1S/C31H20N4O3/c1-3-36-27-18-16-26(17-19-27)31-35-34-30(38-31)25-14-10-22(11-15-25)21-8-12-24(13-9-21)29-33-32-28(37-29)23-6-4-20(2)5-7-23/h1,4-19H,2H3. The van der Waals surface area contributed by atoms with Crippen LogP contribution in [0.1, 0.15) is 5.56 Å². The van der Waals surface area contributed by atoms with Gasteiger partial charge in [-0.05, 0) is 78.7 Å². The summed E-state index contributed by atoms with van der Waals surface area (Å²) < 4.78 is 16.8. The molecule has 0 saturated carbocycles. The quantitative estimate of drug-likeness (QED) is 0.228. The van der Waals surface area contributed by atoms with Crippen molar-refractivity contribution in [2.24, 2.45) is 0 Å². The molecule has 7 heteroatoms. The maximum atomic E-state index is 5.90. The third kappa shape index (κ3) is 4.66. The maximum absolute atomic E-state index is 5.90. The highest BCUT2D eigenvalue weighted by molar-refractivity contribution is 5.70. The van der Waals surface area contributed by atoms with Crippen LogP contribution in [-0.2, 0) is 0 Å². The van der Waals surface area contributed by atoms with Gasteiger partial charge in [0.2, 0.25) is 23.6 Å². The summed E-state index contributed by atoms with van der Waals surface area (Å²) in [6.07, 6.45) is 7.30. The topological polar surface area (TPSA) is 87.1 Å². The summed E-state index contributed by atoms with van der Waals surface area (Å²) >= 11 is 0. The highest BCUT2D eigenvalue weighted by atomic mass is 16.5. The molecule has 2 heterocycles. The lowest BCUT2D eigenvalue weighted by atomic mass is 10.0. The van der Waals surface area contributed by atoms with Crippen LogP contribution in [0.25, 0.3) is 56.9 Å². The SMILES string of the molecule is C#COc1ccc(-c2nnc(-c3ccc(-c4ccc(-c5nnc(-c6ccc(C)cc6)o5)cc4)cc3)o2)cc1. The number of hydrogen-bond donors (Lipinski definition) is 0.